The van der Waals surface area contributed by atoms with Crippen molar-refractivity contribution in [3.8, 4) is 6.07 Å². The zero-order valence-electron chi connectivity index (χ0n) is 9.84. The standard InChI is InChI=1S/C12H7BrF4N2O/c13-8-2-1-7(12(15,16)17)10(14)9(8)11(20)19-4-6(3-18)5-19/h1-2,6H,4-5H2. The van der Waals surface area contributed by atoms with Crippen LogP contribution in [0.1, 0.15) is 15.9 Å². The predicted octanol–water partition coefficient (Wildman–Crippen LogP) is 3.20. The maximum Gasteiger partial charge on any atom is 0.419 e. The van der Waals surface area contributed by atoms with E-state index in [0.29, 0.717) is 6.07 Å². The van der Waals surface area contributed by atoms with E-state index in [0.717, 1.165) is 11.0 Å². The second kappa shape index (κ2) is 5.05. The Kier molecular flexibility index (Phi) is 3.73. The Bertz CT molecular complexity index is 603. The van der Waals surface area contributed by atoms with Gasteiger partial charge < -0.3 is 4.90 Å². The fourth-order valence-electron chi connectivity index (χ4n) is 1.85. The van der Waals surface area contributed by atoms with E-state index in [1.807, 2.05) is 6.07 Å². The topological polar surface area (TPSA) is 44.1 Å². The van der Waals surface area contributed by atoms with Gasteiger partial charge in [-0.15, -0.1) is 0 Å². The summed E-state index contributed by atoms with van der Waals surface area (Å²) in [5, 5.41) is 8.60. The molecule has 0 unspecified atom stereocenters. The van der Waals surface area contributed by atoms with E-state index < -0.39 is 29.0 Å². The van der Waals surface area contributed by atoms with Gasteiger partial charge in [-0.25, -0.2) is 4.39 Å². The van der Waals surface area contributed by atoms with E-state index in [1.165, 1.54) is 0 Å². The van der Waals surface area contributed by atoms with Gasteiger partial charge in [0.2, 0.25) is 0 Å². The quantitative estimate of drug-likeness (QED) is 0.730. The highest BCUT2D eigenvalue weighted by molar-refractivity contribution is 9.10. The SMILES string of the molecule is N#CC1CN(C(=O)c2c(Br)ccc(C(F)(F)F)c2F)C1. The molecule has 2 rings (SSSR count). The number of carbonyl (C=O) groups is 1. The van der Waals surface area contributed by atoms with E-state index in [2.05, 4.69) is 15.9 Å². The highest BCUT2D eigenvalue weighted by Crippen LogP contribution is 2.35. The molecule has 1 fully saturated rings. The minimum absolute atomic E-state index is 0.0478. The largest absolute Gasteiger partial charge is 0.419 e. The van der Waals surface area contributed by atoms with Gasteiger partial charge in [0.25, 0.3) is 5.91 Å². The third kappa shape index (κ3) is 2.50. The van der Waals surface area contributed by atoms with Gasteiger partial charge in [0, 0.05) is 17.6 Å². The number of nitriles is 1. The van der Waals surface area contributed by atoms with Crippen molar-refractivity contribution in [2.75, 3.05) is 13.1 Å². The number of halogens is 5. The Morgan fingerprint density at radius 1 is 1.40 bits per heavy atom. The van der Waals surface area contributed by atoms with Crippen LogP contribution >= 0.6 is 15.9 Å². The minimum Gasteiger partial charge on any atom is -0.336 e. The van der Waals surface area contributed by atoms with Crippen LogP contribution in [0.2, 0.25) is 0 Å². The van der Waals surface area contributed by atoms with Crippen molar-refractivity contribution < 1.29 is 22.4 Å². The molecule has 3 nitrogen and oxygen atoms in total. The van der Waals surface area contributed by atoms with Crippen molar-refractivity contribution in [3.05, 3.63) is 33.5 Å². The molecule has 0 spiro atoms. The first-order valence-electron chi connectivity index (χ1n) is 5.49. The summed E-state index contributed by atoms with van der Waals surface area (Å²) < 4.78 is 51.7. The summed E-state index contributed by atoms with van der Waals surface area (Å²) in [6.45, 7) is 0.189. The molecule has 1 heterocycles. The molecular formula is C12H7BrF4N2O. The van der Waals surface area contributed by atoms with Gasteiger partial charge in [-0.3, -0.25) is 4.79 Å². The minimum atomic E-state index is -4.87. The molecule has 0 saturated carbocycles. The molecule has 0 bridgehead atoms. The van der Waals surface area contributed by atoms with Crippen LogP contribution in [0.15, 0.2) is 16.6 Å². The molecule has 106 valence electrons. The lowest BCUT2D eigenvalue weighted by Gasteiger charge is -2.35. The van der Waals surface area contributed by atoms with Crippen LogP contribution in [0, 0.1) is 23.1 Å². The first-order valence-corrected chi connectivity index (χ1v) is 6.29. The zero-order valence-corrected chi connectivity index (χ0v) is 11.4. The fraction of sp³-hybridized carbons (Fsp3) is 0.333. The Hall–Kier alpha value is -1.62. The number of hydrogen-bond acceptors (Lipinski definition) is 2. The summed E-state index contributed by atoms with van der Waals surface area (Å²) in [4.78, 5) is 13.1. The second-order valence-corrected chi connectivity index (χ2v) is 5.17. The van der Waals surface area contributed by atoms with E-state index >= 15 is 0 Å². The lowest BCUT2D eigenvalue weighted by Crippen LogP contribution is -2.49. The molecule has 1 saturated heterocycles. The van der Waals surface area contributed by atoms with Gasteiger partial charge in [-0.05, 0) is 28.1 Å². The van der Waals surface area contributed by atoms with Crippen molar-refractivity contribution >= 4 is 21.8 Å². The normalized spacial score (nSPS) is 15.7. The van der Waals surface area contributed by atoms with Gasteiger partial charge in [0.1, 0.15) is 5.82 Å². The fourth-order valence-corrected chi connectivity index (χ4v) is 2.33. The lowest BCUT2D eigenvalue weighted by atomic mass is 9.99. The summed E-state index contributed by atoms with van der Waals surface area (Å²) in [5.41, 5.74) is -2.14. The van der Waals surface area contributed by atoms with Crippen LogP contribution in [0.3, 0.4) is 0 Å². The Morgan fingerprint density at radius 3 is 2.50 bits per heavy atom. The highest BCUT2D eigenvalue weighted by atomic mass is 79.9. The van der Waals surface area contributed by atoms with E-state index in [9.17, 15) is 22.4 Å². The lowest BCUT2D eigenvalue weighted by molar-refractivity contribution is -0.140. The third-order valence-electron chi connectivity index (χ3n) is 2.96. The Balaban J connectivity index is 2.37. The van der Waals surface area contributed by atoms with E-state index in [1.54, 1.807) is 0 Å². The van der Waals surface area contributed by atoms with Crippen LogP contribution in [-0.2, 0) is 6.18 Å². The molecule has 0 N–H and O–H groups in total. The molecule has 0 aliphatic carbocycles. The highest BCUT2D eigenvalue weighted by Gasteiger charge is 2.39. The van der Waals surface area contributed by atoms with Gasteiger partial charge in [-0.1, -0.05) is 0 Å². The van der Waals surface area contributed by atoms with Crippen LogP contribution in [0.4, 0.5) is 17.6 Å². The molecule has 0 radical (unpaired) electrons. The van der Waals surface area contributed by atoms with Crippen LogP contribution < -0.4 is 0 Å². The van der Waals surface area contributed by atoms with Crippen LogP contribution in [-0.4, -0.2) is 23.9 Å². The molecule has 0 aromatic heterocycles. The van der Waals surface area contributed by atoms with Crippen molar-refractivity contribution in [1.29, 1.82) is 5.26 Å². The van der Waals surface area contributed by atoms with Gasteiger partial charge in [0.15, 0.2) is 0 Å². The first kappa shape index (κ1) is 14.8. The Morgan fingerprint density at radius 2 is 2.00 bits per heavy atom. The molecule has 1 aliphatic heterocycles. The molecule has 8 heteroatoms. The van der Waals surface area contributed by atoms with Crippen LogP contribution in [0.25, 0.3) is 0 Å². The number of hydrogen-bond donors (Lipinski definition) is 0. The first-order chi connectivity index (χ1) is 9.25. The van der Waals surface area contributed by atoms with Crippen molar-refractivity contribution in [2.24, 2.45) is 5.92 Å². The molecule has 1 aromatic rings. The molecule has 1 amide bonds. The van der Waals surface area contributed by atoms with Gasteiger partial charge in [0.05, 0.1) is 23.1 Å². The number of carbonyl (C=O) groups excluding carboxylic acids is 1. The summed E-state index contributed by atoms with van der Waals surface area (Å²) in [6.07, 6.45) is -4.87. The number of rotatable bonds is 1. The Labute approximate surface area is 119 Å². The zero-order chi connectivity index (χ0) is 15.1. The van der Waals surface area contributed by atoms with Crippen LogP contribution in [0.5, 0.6) is 0 Å². The summed E-state index contributed by atoms with van der Waals surface area (Å²) in [6, 6.07) is 3.48. The number of amides is 1. The third-order valence-corrected chi connectivity index (χ3v) is 3.62. The molecular weight excluding hydrogens is 344 g/mol. The predicted molar refractivity (Wildman–Crippen MR) is 64.1 cm³/mol. The van der Waals surface area contributed by atoms with Crippen molar-refractivity contribution in [3.63, 3.8) is 0 Å². The average molecular weight is 351 g/mol. The number of likely N-dealkylation sites (tertiary alicyclic amines) is 1. The smallest absolute Gasteiger partial charge is 0.336 e. The average Bonchev–Trinajstić information content (AvgIpc) is 2.25. The van der Waals surface area contributed by atoms with Crippen molar-refractivity contribution in [2.45, 2.75) is 6.18 Å². The van der Waals surface area contributed by atoms with Gasteiger partial charge in [-0.2, -0.15) is 18.4 Å². The summed E-state index contributed by atoms with van der Waals surface area (Å²) in [5.74, 6) is -2.81. The van der Waals surface area contributed by atoms with E-state index in [-0.39, 0.29) is 23.5 Å². The summed E-state index contributed by atoms with van der Waals surface area (Å²) in [7, 11) is 0. The maximum absolute atomic E-state index is 13.9. The van der Waals surface area contributed by atoms with Crippen molar-refractivity contribution in [1.82, 2.24) is 4.90 Å². The number of benzene rings is 1. The second-order valence-electron chi connectivity index (χ2n) is 4.32. The monoisotopic (exact) mass is 350 g/mol. The number of alkyl halides is 3. The molecule has 20 heavy (non-hydrogen) atoms. The number of nitrogens with zero attached hydrogens (tertiary/aromatic N) is 2. The maximum atomic E-state index is 13.9. The van der Waals surface area contributed by atoms with Gasteiger partial charge >= 0.3 is 6.18 Å². The molecule has 0 atom stereocenters. The van der Waals surface area contributed by atoms with E-state index in [4.69, 9.17) is 5.26 Å². The molecule has 1 aromatic carbocycles. The summed E-state index contributed by atoms with van der Waals surface area (Å²) >= 11 is 2.88. The molecule has 1 aliphatic rings.